The molecule has 4 aromatic rings. The number of carboxylic acids is 1. The number of benzene rings is 4. The van der Waals surface area contributed by atoms with Crippen molar-refractivity contribution in [3.05, 3.63) is 130 Å². The van der Waals surface area contributed by atoms with Crippen molar-refractivity contribution in [3.63, 3.8) is 0 Å². The fraction of sp³-hybridized carbons (Fsp3) is 0.219. The van der Waals surface area contributed by atoms with Crippen molar-refractivity contribution < 1.29 is 45.2 Å². The largest absolute Gasteiger partial charge is 0.489 e. The second kappa shape index (κ2) is 13.6. The highest BCUT2D eigenvalue weighted by molar-refractivity contribution is 7.82. The molecule has 4 rings (SSSR count). The lowest BCUT2D eigenvalue weighted by Crippen LogP contribution is -2.28. The maximum atomic E-state index is 13.6. The molecule has 0 spiro atoms. The number of aromatic carboxylic acids is 1. The van der Waals surface area contributed by atoms with Gasteiger partial charge in [0.15, 0.2) is 0 Å². The molecule has 12 heteroatoms. The number of carboxylic acid groups (broad SMARTS) is 1. The van der Waals surface area contributed by atoms with Gasteiger partial charge in [-0.05, 0) is 84.1 Å². The molecule has 0 bridgehead atoms. The molecule has 0 fully saturated rings. The van der Waals surface area contributed by atoms with E-state index in [2.05, 4.69) is 0 Å². The van der Waals surface area contributed by atoms with E-state index in [0.29, 0.717) is 28.9 Å². The molecule has 44 heavy (non-hydrogen) atoms. The van der Waals surface area contributed by atoms with Crippen molar-refractivity contribution in [1.82, 2.24) is 4.31 Å². The maximum Gasteiger partial charge on any atom is 0.416 e. The normalized spacial score (nSPS) is 12.7. The minimum atomic E-state index is -4.50. The van der Waals surface area contributed by atoms with E-state index in [4.69, 9.17) is 4.74 Å². The lowest BCUT2D eigenvalue weighted by atomic mass is 10.1. The second-order valence-electron chi connectivity index (χ2n) is 9.97. The van der Waals surface area contributed by atoms with Crippen LogP contribution in [-0.2, 0) is 42.9 Å². The van der Waals surface area contributed by atoms with Gasteiger partial charge in [-0.3, -0.25) is 0 Å². The van der Waals surface area contributed by atoms with Crippen LogP contribution in [0.25, 0.3) is 0 Å². The fourth-order valence-electron chi connectivity index (χ4n) is 4.28. The van der Waals surface area contributed by atoms with Gasteiger partial charge in [-0.2, -0.15) is 26.3 Å². The summed E-state index contributed by atoms with van der Waals surface area (Å²) >= 11 is 0. The van der Waals surface area contributed by atoms with E-state index < -0.39 is 40.4 Å². The summed E-state index contributed by atoms with van der Waals surface area (Å²) in [6.45, 7) is 1.93. The smallest absolute Gasteiger partial charge is 0.416 e. The van der Waals surface area contributed by atoms with Gasteiger partial charge in [0.25, 0.3) is 0 Å². The zero-order chi connectivity index (χ0) is 32.1. The molecule has 0 amide bonds. The Morgan fingerprint density at radius 1 is 0.773 bits per heavy atom. The lowest BCUT2D eigenvalue weighted by molar-refractivity contribution is -0.138. The summed E-state index contributed by atoms with van der Waals surface area (Å²) in [4.78, 5) is 11.9. The number of alkyl halides is 6. The van der Waals surface area contributed by atoms with Crippen molar-refractivity contribution in [2.24, 2.45) is 0 Å². The Bertz CT molecular complexity index is 1600. The Kier molecular flexibility index (Phi) is 10.2. The highest BCUT2D eigenvalue weighted by Crippen LogP contribution is 2.30. The first kappa shape index (κ1) is 32.7. The molecule has 0 aliphatic carbocycles. The zero-order valence-corrected chi connectivity index (χ0v) is 24.1. The molecule has 0 radical (unpaired) electrons. The minimum Gasteiger partial charge on any atom is -0.489 e. The Hall–Kier alpha value is -4.16. The van der Waals surface area contributed by atoms with Gasteiger partial charge >= 0.3 is 18.3 Å². The minimum absolute atomic E-state index is 0.00258. The number of hydrogen-bond acceptors (Lipinski definition) is 3. The Morgan fingerprint density at radius 3 is 1.82 bits per heavy atom. The van der Waals surface area contributed by atoms with Gasteiger partial charge in [0.1, 0.15) is 23.3 Å². The number of ether oxygens (including phenoxy) is 1. The summed E-state index contributed by atoms with van der Waals surface area (Å²) in [6.07, 6.45) is -8.52. The molecule has 0 heterocycles. The second-order valence-corrected chi connectivity index (χ2v) is 11.5. The van der Waals surface area contributed by atoms with E-state index in [-0.39, 0.29) is 30.2 Å². The van der Waals surface area contributed by atoms with E-state index in [9.17, 15) is 40.5 Å². The molecule has 1 atom stereocenters. The Labute approximate surface area is 252 Å². The van der Waals surface area contributed by atoms with Crippen LogP contribution in [-0.4, -0.2) is 26.1 Å². The molecule has 0 saturated carbocycles. The van der Waals surface area contributed by atoms with E-state index in [1.165, 1.54) is 30.3 Å². The van der Waals surface area contributed by atoms with Gasteiger partial charge < -0.3 is 9.84 Å². The SMILES string of the molecule is Cc1ccc(S(=O)N(CCc2ccc(OCc3ccc(C(F)(F)F)cc3)cc2)Cc2ccc(C(F)(F)F)cc2)cc1C(=O)O. The summed E-state index contributed by atoms with van der Waals surface area (Å²) < 4.78 is 98.3. The number of rotatable bonds is 11. The topological polar surface area (TPSA) is 66.8 Å². The Morgan fingerprint density at radius 2 is 1.30 bits per heavy atom. The van der Waals surface area contributed by atoms with Crippen LogP contribution in [0.2, 0.25) is 0 Å². The van der Waals surface area contributed by atoms with E-state index in [1.54, 1.807) is 47.6 Å². The summed E-state index contributed by atoms with van der Waals surface area (Å²) in [7, 11) is -1.84. The van der Waals surface area contributed by atoms with Gasteiger partial charge in [-0.25, -0.2) is 13.3 Å². The third-order valence-electron chi connectivity index (χ3n) is 6.78. The summed E-state index contributed by atoms with van der Waals surface area (Å²) in [5.41, 5.74) is 0.819. The van der Waals surface area contributed by atoms with Gasteiger partial charge in [-0.15, -0.1) is 0 Å². The molecule has 0 aromatic heterocycles. The number of nitrogens with zero attached hydrogens (tertiary/aromatic N) is 1. The summed E-state index contributed by atoms with van der Waals surface area (Å²) in [5, 5.41) is 9.50. The Balaban J connectivity index is 1.46. The molecule has 0 aliphatic heterocycles. The number of hydrogen-bond donors (Lipinski definition) is 1. The summed E-state index contributed by atoms with van der Waals surface area (Å²) in [6, 6.07) is 20.6. The predicted octanol–water partition coefficient (Wildman–Crippen LogP) is 8.08. The first-order valence-corrected chi connectivity index (χ1v) is 14.4. The third-order valence-corrected chi connectivity index (χ3v) is 8.21. The first-order chi connectivity index (χ1) is 20.7. The summed E-state index contributed by atoms with van der Waals surface area (Å²) in [5.74, 6) is -0.684. The van der Waals surface area contributed by atoms with Crippen LogP contribution in [0.15, 0.2) is 95.9 Å². The van der Waals surface area contributed by atoms with Crippen LogP contribution in [0.1, 0.15) is 43.7 Å². The zero-order valence-electron chi connectivity index (χ0n) is 23.3. The highest BCUT2D eigenvalue weighted by atomic mass is 32.2. The average molecular weight is 636 g/mol. The molecule has 0 saturated heterocycles. The van der Waals surface area contributed by atoms with Gasteiger partial charge in [0.2, 0.25) is 0 Å². The maximum absolute atomic E-state index is 13.6. The molecule has 0 aliphatic rings. The van der Waals surface area contributed by atoms with Crippen molar-refractivity contribution in [3.8, 4) is 5.75 Å². The predicted molar refractivity (Wildman–Crippen MR) is 152 cm³/mol. The molecule has 1 unspecified atom stereocenters. The standard InChI is InChI=1S/C32H27F6NO4S/c1-21-2-15-28(18-29(21)30(40)41)44(42)39(19-23-3-9-25(10-4-23)31(33,34)35)17-16-22-7-13-27(14-8-22)43-20-24-5-11-26(12-6-24)32(36,37)38/h2-15,18H,16-17,19-20H2,1H3,(H,40,41). The van der Waals surface area contributed by atoms with Crippen molar-refractivity contribution in [1.29, 1.82) is 0 Å². The molecule has 5 nitrogen and oxygen atoms in total. The van der Waals surface area contributed by atoms with E-state index in [1.807, 2.05) is 0 Å². The molecule has 1 N–H and O–H groups in total. The van der Waals surface area contributed by atoms with Gasteiger partial charge in [0, 0.05) is 13.1 Å². The van der Waals surface area contributed by atoms with E-state index in [0.717, 1.165) is 29.8 Å². The quantitative estimate of drug-likeness (QED) is 0.169. The first-order valence-electron chi connectivity index (χ1n) is 13.3. The molecule has 4 aromatic carbocycles. The van der Waals surface area contributed by atoms with Gasteiger partial charge in [0.05, 0.1) is 21.6 Å². The van der Waals surface area contributed by atoms with Crippen LogP contribution in [0.4, 0.5) is 26.3 Å². The molecular formula is C32H27F6NO4S. The third kappa shape index (κ3) is 8.70. The van der Waals surface area contributed by atoms with E-state index >= 15 is 0 Å². The number of aryl methyl sites for hydroxylation is 1. The monoisotopic (exact) mass is 635 g/mol. The van der Waals surface area contributed by atoms with Gasteiger partial charge in [-0.1, -0.05) is 42.5 Å². The van der Waals surface area contributed by atoms with Crippen molar-refractivity contribution >= 4 is 17.0 Å². The highest BCUT2D eigenvalue weighted by Gasteiger charge is 2.31. The number of carbonyl (C=O) groups is 1. The molecular weight excluding hydrogens is 608 g/mol. The van der Waals surface area contributed by atoms with Crippen LogP contribution in [0, 0.1) is 6.92 Å². The van der Waals surface area contributed by atoms with Crippen LogP contribution < -0.4 is 4.74 Å². The fourth-order valence-corrected chi connectivity index (χ4v) is 5.50. The van der Waals surface area contributed by atoms with Crippen LogP contribution in [0.3, 0.4) is 0 Å². The van der Waals surface area contributed by atoms with Crippen LogP contribution >= 0.6 is 0 Å². The average Bonchev–Trinajstić information content (AvgIpc) is 2.98. The number of halogens is 6. The van der Waals surface area contributed by atoms with Crippen molar-refractivity contribution in [2.45, 2.75) is 43.7 Å². The van der Waals surface area contributed by atoms with Crippen molar-refractivity contribution in [2.75, 3.05) is 6.54 Å². The lowest BCUT2D eigenvalue weighted by Gasteiger charge is -2.22. The molecule has 232 valence electrons. The van der Waals surface area contributed by atoms with Crippen LogP contribution in [0.5, 0.6) is 5.75 Å².